The fraction of sp³-hybridized carbons (Fsp3) is 0.417. The van der Waals surface area contributed by atoms with Crippen molar-refractivity contribution >= 4 is 5.69 Å². The molecule has 2 nitrogen and oxygen atoms in total. The van der Waals surface area contributed by atoms with Gasteiger partial charge in [-0.15, -0.1) is 0 Å². The minimum Gasteiger partial charge on any atom is -0.494 e. The maximum absolute atomic E-state index is 6.00. The van der Waals surface area contributed by atoms with Gasteiger partial charge >= 0.3 is 0 Å². The van der Waals surface area contributed by atoms with Crippen LogP contribution in [0.1, 0.15) is 55.3 Å². The number of allylic oxidation sites excluding steroid dienone is 2. The van der Waals surface area contributed by atoms with E-state index >= 15 is 0 Å². The van der Waals surface area contributed by atoms with E-state index in [0.29, 0.717) is 23.8 Å². The topological polar surface area (TPSA) is 21.3 Å². The van der Waals surface area contributed by atoms with Gasteiger partial charge in [0.25, 0.3) is 0 Å². The molecule has 1 heterocycles. The molecule has 1 aliphatic carbocycles. The standard InChI is InChI=1S/C24H29NO/c1-16(2)13-14-26-19-11-12-23-22(15-19)20-5-4-6-21(20)24(25-23)18-9-7-17(3)8-10-18/h4-5,7-12,15-16,20-21,24-25H,6,13-14H2,1-3H3. The van der Waals surface area contributed by atoms with Crippen molar-refractivity contribution in [3.63, 3.8) is 0 Å². The van der Waals surface area contributed by atoms with Gasteiger partial charge in [-0.2, -0.15) is 0 Å². The maximum atomic E-state index is 6.00. The monoisotopic (exact) mass is 347 g/mol. The van der Waals surface area contributed by atoms with Gasteiger partial charge < -0.3 is 10.1 Å². The number of hydrogen-bond donors (Lipinski definition) is 1. The van der Waals surface area contributed by atoms with E-state index in [2.05, 4.69) is 80.7 Å². The largest absolute Gasteiger partial charge is 0.494 e. The first kappa shape index (κ1) is 17.2. The summed E-state index contributed by atoms with van der Waals surface area (Å²) >= 11 is 0. The summed E-state index contributed by atoms with van der Waals surface area (Å²) in [6.07, 6.45) is 6.97. The molecule has 2 aromatic rings. The molecule has 1 N–H and O–H groups in total. The molecule has 0 saturated carbocycles. The summed E-state index contributed by atoms with van der Waals surface area (Å²) < 4.78 is 6.00. The van der Waals surface area contributed by atoms with Gasteiger partial charge in [0.05, 0.1) is 12.6 Å². The summed E-state index contributed by atoms with van der Waals surface area (Å²) in [5, 5.41) is 3.81. The SMILES string of the molecule is Cc1ccc(C2Nc3ccc(OCCC(C)C)cc3C3C=CCC32)cc1. The Kier molecular flexibility index (Phi) is 4.76. The van der Waals surface area contributed by atoms with Crippen molar-refractivity contribution in [2.45, 2.75) is 45.6 Å². The Balaban J connectivity index is 1.59. The summed E-state index contributed by atoms with van der Waals surface area (Å²) in [4.78, 5) is 0. The zero-order valence-corrected chi connectivity index (χ0v) is 16.0. The molecule has 0 radical (unpaired) electrons. The molecule has 0 fully saturated rings. The van der Waals surface area contributed by atoms with Crippen molar-refractivity contribution in [1.82, 2.24) is 0 Å². The van der Waals surface area contributed by atoms with Gasteiger partial charge in [-0.25, -0.2) is 0 Å². The van der Waals surface area contributed by atoms with E-state index in [4.69, 9.17) is 4.74 Å². The number of fused-ring (bicyclic) bond motifs is 3. The van der Waals surface area contributed by atoms with E-state index in [1.807, 2.05) is 0 Å². The lowest BCUT2D eigenvalue weighted by atomic mass is 9.77. The number of benzene rings is 2. The van der Waals surface area contributed by atoms with Crippen LogP contribution in [0.5, 0.6) is 5.75 Å². The van der Waals surface area contributed by atoms with Gasteiger partial charge in [-0.05, 0) is 60.9 Å². The minimum absolute atomic E-state index is 0.371. The highest BCUT2D eigenvalue weighted by atomic mass is 16.5. The molecule has 1 aliphatic heterocycles. The van der Waals surface area contributed by atoms with E-state index in [9.17, 15) is 0 Å². The Morgan fingerprint density at radius 2 is 1.92 bits per heavy atom. The van der Waals surface area contributed by atoms with Crippen LogP contribution in [0.4, 0.5) is 5.69 Å². The van der Waals surface area contributed by atoms with Crippen LogP contribution in [-0.2, 0) is 0 Å². The van der Waals surface area contributed by atoms with Crippen molar-refractivity contribution in [3.05, 3.63) is 71.3 Å². The number of nitrogens with one attached hydrogen (secondary N) is 1. The molecule has 0 bridgehead atoms. The molecule has 2 heteroatoms. The Hall–Kier alpha value is -2.22. The van der Waals surface area contributed by atoms with Crippen LogP contribution in [-0.4, -0.2) is 6.61 Å². The second-order valence-electron chi connectivity index (χ2n) is 8.17. The van der Waals surface area contributed by atoms with Crippen LogP contribution in [0.2, 0.25) is 0 Å². The van der Waals surface area contributed by atoms with Gasteiger partial charge in [0, 0.05) is 11.6 Å². The number of hydrogen-bond acceptors (Lipinski definition) is 2. The van der Waals surface area contributed by atoms with Crippen molar-refractivity contribution in [1.29, 1.82) is 0 Å². The van der Waals surface area contributed by atoms with Gasteiger partial charge in [0.2, 0.25) is 0 Å². The number of anilines is 1. The summed E-state index contributed by atoms with van der Waals surface area (Å²) in [6, 6.07) is 15.9. The zero-order valence-electron chi connectivity index (χ0n) is 16.0. The summed E-state index contributed by atoms with van der Waals surface area (Å²) in [5.74, 6) is 2.73. The predicted molar refractivity (Wildman–Crippen MR) is 109 cm³/mol. The summed E-state index contributed by atoms with van der Waals surface area (Å²) in [5.41, 5.74) is 5.33. The minimum atomic E-state index is 0.371. The molecule has 0 amide bonds. The fourth-order valence-electron chi connectivity index (χ4n) is 4.18. The number of ether oxygens (including phenoxy) is 1. The molecule has 3 atom stereocenters. The van der Waals surface area contributed by atoms with Gasteiger partial charge in [-0.1, -0.05) is 55.8 Å². The Bertz CT molecular complexity index is 790. The lowest BCUT2D eigenvalue weighted by Crippen LogP contribution is -2.29. The number of rotatable bonds is 5. The first-order chi connectivity index (χ1) is 12.6. The average Bonchev–Trinajstić information content (AvgIpc) is 3.12. The first-order valence-corrected chi connectivity index (χ1v) is 9.88. The first-order valence-electron chi connectivity index (χ1n) is 9.88. The number of aryl methyl sites for hydroxylation is 1. The van der Waals surface area contributed by atoms with Crippen molar-refractivity contribution < 1.29 is 4.74 Å². The van der Waals surface area contributed by atoms with Crippen molar-refractivity contribution in [2.24, 2.45) is 11.8 Å². The van der Waals surface area contributed by atoms with Crippen molar-refractivity contribution in [2.75, 3.05) is 11.9 Å². The Labute approximate surface area is 157 Å². The second-order valence-corrected chi connectivity index (χ2v) is 8.17. The molecular formula is C24H29NO. The van der Waals surface area contributed by atoms with Gasteiger partial charge in [0.1, 0.15) is 5.75 Å². The molecule has 0 spiro atoms. The van der Waals surface area contributed by atoms with Crippen LogP contribution in [0, 0.1) is 18.8 Å². The van der Waals surface area contributed by atoms with E-state index < -0.39 is 0 Å². The molecule has 2 aliphatic rings. The molecular weight excluding hydrogens is 318 g/mol. The smallest absolute Gasteiger partial charge is 0.119 e. The third-order valence-corrected chi connectivity index (χ3v) is 5.73. The van der Waals surface area contributed by atoms with Crippen LogP contribution < -0.4 is 10.1 Å². The third-order valence-electron chi connectivity index (χ3n) is 5.73. The second kappa shape index (κ2) is 7.19. The van der Waals surface area contributed by atoms with Crippen LogP contribution in [0.25, 0.3) is 0 Å². The molecule has 0 aromatic heterocycles. The quantitative estimate of drug-likeness (QED) is 0.646. The molecule has 0 saturated heterocycles. The molecule has 136 valence electrons. The van der Waals surface area contributed by atoms with Gasteiger partial charge in [0.15, 0.2) is 0 Å². The summed E-state index contributed by atoms with van der Waals surface area (Å²) in [7, 11) is 0. The van der Waals surface area contributed by atoms with Crippen LogP contribution in [0.3, 0.4) is 0 Å². The third kappa shape index (κ3) is 3.38. The van der Waals surface area contributed by atoms with E-state index in [1.165, 1.54) is 22.4 Å². The van der Waals surface area contributed by atoms with E-state index in [0.717, 1.165) is 25.2 Å². The molecule has 26 heavy (non-hydrogen) atoms. The van der Waals surface area contributed by atoms with Crippen LogP contribution >= 0.6 is 0 Å². The normalized spacial score (nSPS) is 23.5. The highest BCUT2D eigenvalue weighted by Gasteiger charge is 2.37. The fourth-order valence-corrected chi connectivity index (χ4v) is 4.18. The molecule has 4 rings (SSSR count). The van der Waals surface area contributed by atoms with Crippen LogP contribution in [0.15, 0.2) is 54.6 Å². The average molecular weight is 348 g/mol. The van der Waals surface area contributed by atoms with Crippen molar-refractivity contribution in [3.8, 4) is 5.75 Å². The predicted octanol–water partition coefficient (Wildman–Crippen LogP) is 6.25. The summed E-state index contributed by atoms with van der Waals surface area (Å²) in [6.45, 7) is 7.41. The van der Waals surface area contributed by atoms with E-state index in [-0.39, 0.29) is 0 Å². The van der Waals surface area contributed by atoms with E-state index in [1.54, 1.807) is 0 Å². The zero-order chi connectivity index (χ0) is 18.1. The van der Waals surface area contributed by atoms with Gasteiger partial charge in [-0.3, -0.25) is 0 Å². The lowest BCUT2D eigenvalue weighted by molar-refractivity contribution is 0.289. The Morgan fingerprint density at radius 1 is 1.12 bits per heavy atom. The molecule has 3 unspecified atom stereocenters. The Morgan fingerprint density at radius 3 is 2.69 bits per heavy atom. The highest BCUT2D eigenvalue weighted by molar-refractivity contribution is 5.61. The highest BCUT2D eigenvalue weighted by Crippen LogP contribution is 2.50. The lowest BCUT2D eigenvalue weighted by Gasteiger charge is -2.37. The maximum Gasteiger partial charge on any atom is 0.119 e. The molecule has 2 aromatic carbocycles.